The fraction of sp³-hybridized carbons (Fsp3) is 0.333. The molecule has 1 saturated heterocycles. The van der Waals surface area contributed by atoms with Gasteiger partial charge in [0, 0.05) is 38.4 Å². The standard InChI is InChI=1S/C12H13N3O2/c16-12(15-6-4-13-5-7-15)9-1-3-14-10-2-8-17-11(9)10/h1-3,8,13H,4-7H2. The van der Waals surface area contributed by atoms with Gasteiger partial charge in [-0.05, 0) is 6.07 Å². The Balaban J connectivity index is 1.97. The van der Waals surface area contributed by atoms with Gasteiger partial charge in [0.2, 0.25) is 0 Å². The fourth-order valence-electron chi connectivity index (χ4n) is 2.08. The van der Waals surface area contributed by atoms with Crippen LogP contribution >= 0.6 is 0 Å². The summed E-state index contributed by atoms with van der Waals surface area (Å²) in [6.45, 7) is 3.17. The maximum Gasteiger partial charge on any atom is 0.257 e. The molecule has 0 saturated carbocycles. The number of hydrogen-bond acceptors (Lipinski definition) is 4. The number of aromatic nitrogens is 1. The van der Waals surface area contributed by atoms with Gasteiger partial charge in [0.05, 0.1) is 11.8 Å². The van der Waals surface area contributed by atoms with Gasteiger partial charge in [0.25, 0.3) is 5.91 Å². The molecule has 0 aliphatic carbocycles. The van der Waals surface area contributed by atoms with Crippen LogP contribution in [0.25, 0.3) is 11.1 Å². The highest BCUT2D eigenvalue weighted by Gasteiger charge is 2.21. The molecule has 1 N–H and O–H groups in total. The Kier molecular flexibility index (Phi) is 2.53. The largest absolute Gasteiger partial charge is 0.462 e. The molecular formula is C12H13N3O2. The van der Waals surface area contributed by atoms with E-state index < -0.39 is 0 Å². The number of nitrogens with zero attached hydrogens (tertiary/aromatic N) is 2. The molecule has 0 radical (unpaired) electrons. The summed E-state index contributed by atoms with van der Waals surface area (Å²) in [7, 11) is 0. The molecule has 1 fully saturated rings. The van der Waals surface area contributed by atoms with Crippen LogP contribution in [0, 0.1) is 0 Å². The van der Waals surface area contributed by atoms with Crippen LogP contribution in [0.5, 0.6) is 0 Å². The van der Waals surface area contributed by atoms with E-state index in [4.69, 9.17) is 4.42 Å². The molecule has 3 heterocycles. The molecule has 1 amide bonds. The summed E-state index contributed by atoms with van der Waals surface area (Å²) in [6, 6.07) is 3.49. The summed E-state index contributed by atoms with van der Waals surface area (Å²) in [5.74, 6) is 0.0221. The third kappa shape index (κ3) is 1.78. The first kappa shape index (κ1) is 10.3. The zero-order valence-corrected chi connectivity index (χ0v) is 9.35. The third-order valence-electron chi connectivity index (χ3n) is 2.98. The number of amides is 1. The molecule has 0 atom stereocenters. The summed E-state index contributed by atoms with van der Waals surface area (Å²) in [5.41, 5.74) is 1.91. The Morgan fingerprint density at radius 3 is 3.00 bits per heavy atom. The number of carbonyl (C=O) groups is 1. The smallest absolute Gasteiger partial charge is 0.257 e. The van der Waals surface area contributed by atoms with Crippen molar-refractivity contribution < 1.29 is 9.21 Å². The topological polar surface area (TPSA) is 58.4 Å². The number of piperazine rings is 1. The first-order valence-corrected chi connectivity index (χ1v) is 5.68. The van der Waals surface area contributed by atoms with Crippen LogP contribution < -0.4 is 5.32 Å². The molecular weight excluding hydrogens is 218 g/mol. The molecule has 0 aromatic carbocycles. The monoisotopic (exact) mass is 231 g/mol. The average molecular weight is 231 g/mol. The first-order chi connectivity index (χ1) is 8.36. The highest BCUT2D eigenvalue weighted by molar-refractivity contribution is 6.03. The van der Waals surface area contributed by atoms with Crippen molar-refractivity contribution in [2.24, 2.45) is 0 Å². The molecule has 0 bridgehead atoms. The molecule has 2 aromatic rings. The number of carbonyl (C=O) groups excluding carboxylic acids is 1. The van der Waals surface area contributed by atoms with Gasteiger partial charge in [-0.2, -0.15) is 0 Å². The van der Waals surface area contributed by atoms with Crippen molar-refractivity contribution in [1.29, 1.82) is 0 Å². The van der Waals surface area contributed by atoms with Gasteiger partial charge in [-0.15, -0.1) is 0 Å². The van der Waals surface area contributed by atoms with E-state index in [1.54, 1.807) is 24.6 Å². The van der Waals surface area contributed by atoms with Crippen molar-refractivity contribution in [3.8, 4) is 0 Å². The van der Waals surface area contributed by atoms with Crippen molar-refractivity contribution in [2.45, 2.75) is 0 Å². The second kappa shape index (κ2) is 4.18. The van der Waals surface area contributed by atoms with Gasteiger partial charge in [0.1, 0.15) is 5.52 Å². The number of fused-ring (bicyclic) bond motifs is 1. The Morgan fingerprint density at radius 1 is 1.35 bits per heavy atom. The minimum Gasteiger partial charge on any atom is -0.462 e. The maximum atomic E-state index is 12.3. The molecule has 88 valence electrons. The molecule has 1 aliphatic heterocycles. The third-order valence-corrected chi connectivity index (χ3v) is 2.98. The normalized spacial score (nSPS) is 16.4. The van der Waals surface area contributed by atoms with Crippen molar-refractivity contribution in [2.75, 3.05) is 26.2 Å². The van der Waals surface area contributed by atoms with Gasteiger partial charge in [-0.25, -0.2) is 0 Å². The average Bonchev–Trinajstić information content (AvgIpc) is 2.87. The van der Waals surface area contributed by atoms with E-state index in [1.165, 1.54) is 0 Å². The Morgan fingerprint density at radius 2 is 2.18 bits per heavy atom. The lowest BCUT2D eigenvalue weighted by Crippen LogP contribution is -2.46. The quantitative estimate of drug-likeness (QED) is 0.791. The van der Waals surface area contributed by atoms with Gasteiger partial charge in [0.15, 0.2) is 5.58 Å². The molecule has 0 unspecified atom stereocenters. The van der Waals surface area contributed by atoms with Crippen molar-refractivity contribution >= 4 is 17.0 Å². The van der Waals surface area contributed by atoms with E-state index in [1.807, 2.05) is 4.90 Å². The SMILES string of the molecule is O=C(c1ccnc2ccoc12)N1CCNCC1. The number of pyridine rings is 1. The first-order valence-electron chi connectivity index (χ1n) is 5.68. The van der Waals surface area contributed by atoms with Gasteiger partial charge in [-0.1, -0.05) is 0 Å². The molecule has 1 aliphatic rings. The van der Waals surface area contributed by atoms with E-state index in [0.717, 1.165) is 31.7 Å². The fourth-order valence-corrected chi connectivity index (χ4v) is 2.08. The van der Waals surface area contributed by atoms with Gasteiger partial charge in [-0.3, -0.25) is 9.78 Å². The molecule has 3 rings (SSSR count). The van der Waals surface area contributed by atoms with Crippen LogP contribution in [0.1, 0.15) is 10.4 Å². The molecule has 5 heteroatoms. The van der Waals surface area contributed by atoms with Crippen LogP contribution in [-0.2, 0) is 0 Å². The summed E-state index contributed by atoms with van der Waals surface area (Å²) in [4.78, 5) is 18.3. The number of hydrogen-bond donors (Lipinski definition) is 1. The summed E-state index contributed by atoms with van der Waals surface area (Å²) < 4.78 is 5.34. The van der Waals surface area contributed by atoms with Crippen molar-refractivity contribution in [1.82, 2.24) is 15.2 Å². The highest BCUT2D eigenvalue weighted by atomic mass is 16.3. The van der Waals surface area contributed by atoms with E-state index in [9.17, 15) is 4.79 Å². The highest BCUT2D eigenvalue weighted by Crippen LogP contribution is 2.19. The van der Waals surface area contributed by atoms with Crippen molar-refractivity contribution in [3.05, 3.63) is 30.2 Å². The van der Waals surface area contributed by atoms with E-state index in [-0.39, 0.29) is 5.91 Å². The van der Waals surface area contributed by atoms with Crippen LogP contribution in [0.15, 0.2) is 29.0 Å². The Hall–Kier alpha value is -1.88. The second-order valence-corrected chi connectivity index (χ2v) is 4.04. The minimum absolute atomic E-state index is 0.0221. The number of nitrogens with one attached hydrogen (secondary N) is 1. The number of furan rings is 1. The lowest BCUT2D eigenvalue weighted by atomic mass is 10.2. The van der Waals surface area contributed by atoms with E-state index >= 15 is 0 Å². The predicted octanol–water partition coefficient (Wildman–Crippen LogP) is 0.873. The Bertz CT molecular complexity index is 543. The van der Waals surface area contributed by atoms with E-state index in [0.29, 0.717) is 11.1 Å². The van der Waals surface area contributed by atoms with Crippen LogP contribution in [0.2, 0.25) is 0 Å². The summed E-state index contributed by atoms with van der Waals surface area (Å²) in [5, 5.41) is 3.22. The number of rotatable bonds is 1. The lowest BCUT2D eigenvalue weighted by molar-refractivity contribution is 0.0736. The molecule has 0 spiro atoms. The summed E-state index contributed by atoms with van der Waals surface area (Å²) >= 11 is 0. The minimum atomic E-state index is 0.0221. The molecule has 2 aromatic heterocycles. The zero-order chi connectivity index (χ0) is 11.7. The molecule has 17 heavy (non-hydrogen) atoms. The predicted molar refractivity (Wildman–Crippen MR) is 62.8 cm³/mol. The van der Waals surface area contributed by atoms with E-state index in [2.05, 4.69) is 10.3 Å². The maximum absolute atomic E-state index is 12.3. The van der Waals surface area contributed by atoms with Crippen LogP contribution in [-0.4, -0.2) is 42.0 Å². The zero-order valence-electron chi connectivity index (χ0n) is 9.35. The second-order valence-electron chi connectivity index (χ2n) is 4.04. The van der Waals surface area contributed by atoms with Crippen molar-refractivity contribution in [3.63, 3.8) is 0 Å². The Labute approximate surface area is 98.4 Å². The van der Waals surface area contributed by atoms with Crippen LogP contribution in [0.3, 0.4) is 0 Å². The molecule has 5 nitrogen and oxygen atoms in total. The summed E-state index contributed by atoms with van der Waals surface area (Å²) in [6.07, 6.45) is 3.21. The van der Waals surface area contributed by atoms with Crippen LogP contribution in [0.4, 0.5) is 0 Å². The van der Waals surface area contributed by atoms with Gasteiger partial charge < -0.3 is 14.6 Å². The van der Waals surface area contributed by atoms with Gasteiger partial charge >= 0.3 is 0 Å². The lowest BCUT2D eigenvalue weighted by Gasteiger charge is -2.27.